The molecule has 3 aliphatic rings. The first kappa shape index (κ1) is 19.2. The number of rotatable bonds is 3. The van der Waals surface area contributed by atoms with Gasteiger partial charge in [-0.1, -0.05) is 0 Å². The molecule has 1 saturated carbocycles. The fourth-order valence-corrected chi connectivity index (χ4v) is 5.62. The molecule has 2 aliphatic heterocycles. The van der Waals surface area contributed by atoms with Crippen LogP contribution in [0.2, 0.25) is 0 Å². The fourth-order valence-electron chi connectivity index (χ4n) is 4.24. The summed E-state index contributed by atoms with van der Waals surface area (Å²) in [5.41, 5.74) is 3.20. The lowest BCUT2D eigenvalue weighted by atomic mass is 10.0. The summed E-state index contributed by atoms with van der Waals surface area (Å²) in [6.07, 6.45) is 6.20. The molecule has 0 radical (unpaired) electrons. The van der Waals surface area contributed by atoms with Gasteiger partial charge in [0.05, 0.1) is 17.7 Å². The number of carbonyl (C=O) groups excluding carboxylic acids is 3. The van der Waals surface area contributed by atoms with Crippen molar-refractivity contribution >= 4 is 34.1 Å². The van der Waals surface area contributed by atoms with Crippen LogP contribution in [-0.2, 0) is 17.8 Å². The van der Waals surface area contributed by atoms with Gasteiger partial charge in [-0.2, -0.15) is 0 Å². The molecule has 0 unspecified atom stereocenters. The van der Waals surface area contributed by atoms with Crippen LogP contribution in [0, 0.1) is 12.8 Å². The lowest BCUT2D eigenvalue weighted by Crippen LogP contribution is -2.39. The van der Waals surface area contributed by atoms with E-state index in [-0.39, 0.29) is 24.3 Å². The van der Waals surface area contributed by atoms with Gasteiger partial charge in [-0.15, -0.1) is 11.3 Å². The Kier molecular flexibility index (Phi) is 4.61. The minimum absolute atomic E-state index is 0.0194. The maximum absolute atomic E-state index is 13.1. The standard InChI is InChI=1S/C22H24N4O3S/c1-13-5-7-23-9-16(13)20(28)25-8-6-15-17(11-25)30-22-19(15)21(29)24(2)12-18(27)26(22)10-14-3-4-14/h5,7,9,14H,3-4,6,8,10-12H2,1-2H3. The van der Waals surface area contributed by atoms with Crippen molar-refractivity contribution in [3.8, 4) is 0 Å². The molecule has 156 valence electrons. The summed E-state index contributed by atoms with van der Waals surface area (Å²) in [4.78, 5) is 49.3. The summed E-state index contributed by atoms with van der Waals surface area (Å²) in [5, 5.41) is 0.776. The average molecular weight is 425 g/mol. The molecule has 0 bridgehead atoms. The molecule has 0 atom stereocenters. The molecule has 7 nitrogen and oxygen atoms in total. The van der Waals surface area contributed by atoms with E-state index in [9.17, 15) is 14.4 Å². The first-order valence-electron chi connectivity index (χ1n) is 10.3. The van der Waals surface area contributed by atoms with Gasteiger partial charge in [0, 0.05) is 37.4 Å². The minimum Gasteiger partial charge on any atom is -0.333 e. The second-order valence-corrected chi connectivity index (χ2v) is 9.54. The maximum atomic E-state index is 13.1. The second-order valence-electron chi connectivity index (χ2n) is 8.46. The normalized spacial score (nSPS) is 18.9. The lowest BCUT2D eigenvalue weighted by molar-refractivity contribution is -0.119. The summed E-state index contributed by atoms with van der Waals surface area (Å²) in [6, 6.07) is 1.84. The van der Waals surface area contributed by atoms with Gasteiger partial charge < -0.3 is 14.7 Å². The molecule has 1 aliphatic carbocycles. The molecular weight excluding hydrogens is 400 g/mol. The number of fused-ring (bicyclic) bond motifs is 3. The average Bonchev–Trinajstić information content (AvgIpc) is 3.49. The van der Waals surface area contributed by atoms with Gasteiger partial charge in [0.1, 0.15) is 11.5 Å². The zero-order valence-corrected chi connectivity index (χ0v) is 18.0. The molecule has 5 rings (SSSR count). The Morgan fingerprint density at radius 1 is 1.27 bits per heavy atom. The van der Waals surface area contributed by atoms with Crippen LogP contribution in [-0.4, -0.2) is 59.2 Å². The summed E-state index contributed by atoms with van der Waals surface area (Å²) in [5.74, 6) is 0.390. The highest BCUT2D eigenvalue weighted by Crippen LogP contribution is 2.43. The zero-order valence-electron chi connectivity index (χ0n) is 17.2. The molecule has 0 aromatic carbocycles. The number of amides is 3. The number of thiophene rings is 1. The predicted molar refractivity (Wildman–Crippen MR) is 114 cm³/mol. The fraction of sp³-hybridized carbons (Fsp3) is 0.455. The number of carbonyl (C=O) groups is 3. The van der Waals surface area contributed by atoms with Crippen LogP contribution in [0.1, 0.15) is 49.6 Å². The number of likely N-dealkylation sites (N-methyl/N-ethyl adjacent to an activating group) is 1. The third-order valence-electron chi connectivity index (χ3n) is 6.21. The van der Waals surface area contributed by atoms with Gasteiger partial charge in [0.25, 0.3) is 11.8 Å². The Morgan fingerprint density at radius 3 is 2.80 bits per heavy atom. The summed E-state index contributed by atoms with van der Waals surface area (Å²) < 4.78 is 0. The van der Waals surface area contributed by atoms with Crippen molar-refractivity contribution in [2.45, 2.75) is 32.7 Å². The molecular formula is C22H24N4O3S. The van der Waals surface area contributed by atoms with E-state index in [1.807, 2.05) is 22.8 Å². The Hall–Kier alpha value is -2.74. The number of anilines is 1. The molecule has 30 heavy (non-hydrogen) atoms. The molecule has 3 amide bonds. The predicted octanol–water partition coefficient (Wildman–Crippen LogP) is 2.48. The van der Waals surface area contributed by atoms with Crippen LogP contribution in [0.5, 0.6) is 0 Å². The van der Waals surface area contributed by atoms with E-state index in [4.69, 9.17) is 0 Å². The number of pyridine rings is 1. The molecule has 1 fully saturated rings. The topological polar surface area (TPSA) is 73.8 Å². The smallest absolute Gasteiger partial charge is 0.257 e. The molecule has 4 heterocycles. The third-order valence-corrected chi connectivity index (χ3v) is 7.45. The number of hydrogen-bond donors (Lipinski definition) is 0. The van der Waals surface area contributed by atoms with Crippen LogP contribution in [0.15, 0.2) is 18.5 Å². The van der Waals surface area contributed by atoms with Crippen LogP contribution >= 0.6 is 11.3 Å². The van der Waals surface area contributed by atoms with Gasteiger partial charge >= 0.3 is 0 Å². The minimum atomic E-state index is -0.0861. The molecule has 8 heteroatoms. The van der Waals surface area contributed by atoms with Crippen LogP contribution in [0.3, 0.4) is 0 Å². The molecule has 0 spiro atoms. The SMILES string of the molecule is Cc1ccncc1C(=O)N1CCc2c(sc3c2C(=O)N(C)CC(=O)N3CC2CC2)C1. The maximum Gasteiger partial charge on any atom is 0.257 e. The van der Waals surface area contributed by atoms with E-state index >= 15 is 0 Å². The van der Waals surface area contributed by atoms with Gasteiger partial charge in [-0.3, -0.25) is 19.4 Å². The molecule has 0 N–H and O–H groups in total. The van der Waals surface area contributed by atoms with Crippen molar-refractivity contribution in [2.24, 2.45) is 5.92 Å². The molecule has 0 saturated heterocycles. The quantitative estimate of drug-likeness (QED) is 0.759. The van der Waals surface area contributed by atoms with Gasteiger partial charge in [-0.05, 0) is 49.3 Å². The number of aryl methyl sites for hydroxylation is 1. The Balaban J connectivity index is 1.50. The van der Waals surface area contributed by atoms with Crippen molar-refractivity contribution in [2.75, 3.05) is 31.6 Å². The molecule has 2 aromatic heterocycles. The summed E-state index contributed by atoms with van der Waals surface area (Å²) in [6.45, 7) is 3.73. The zero-order chi connectivity index (χ0) is 21.0. The highest BCUT2D eigenvalue weighted by molar-refractivity contribution is 7.17. The lowest BCUT2D eigenvalue weighted by Gasteiger charge is -2.28. The van der Waals surface area contributed by atoms with E-state index in [0.717, 1.165) is 33.8 Å². The van der Waals surface area contributed by atoms with Gasteiger partial charge in [0.2, 0.25) is 5.91 Å². The number of hydrogen-bond acceptors (Lipinski definition) is 5. The highest BCUT2D eigenvalue weighted by Gasteiger charge is 2.39. The third kappa shape index (κ3) is 3.19. The number of nitrogens with zero attached hydrogens (tertiary/aromatic N) is 4. The van der Waals surface area contributed by atoms with E-state index < -0.39 is 0 Å². The monoisotopic (exact) mass is 424 g/mol. The Morgan fingerprint density at radius 2 is 2.07 bits per heavy atom. The van der Waals surface area contributed by atoms with Crippen LogP contribution < -0.4 is 4.90 Å². The van der Waals surface area contributed by atoms with E-state index in [1.54, 1.807) is 19.4 Å². The van der Waals surface area contributed by atoms with Gasteiger partial charge in [0.15, 0.2) is 0 Å². The summed E-state index contributed by atoms with van der Waals surface area (Å²) >= 11 is 1.51. The Bertz CT molecular complexity index is 1060. The van der Waals surface area contributed by atoms with E-state index in [2.05, 4.69) is 4.98 Å². The van der Waals surface area contributed by atoms with Crippen molar-refractivity contribution in [3.63, 3.8) is 0 Å². The largest absolute Gasteiger partial charge is 0.333 e. The summed E-state index contributed by atoms with van der Waals surface area (Å²) in [7, 11) is 1.69. The van der Waals surface area contributed by atoms with Crippen molar-refractivity contribution in [1.29, 1.82) is 0 Å². The number of aromatic nitrogens is 1. The highest BCUT2D eigenvalue weighted by atomic mass is 32.1. The van der Waals surface area contributed by atoms with Crippen LogP contribution in [0.25, 0.3) is 0 Å². The Labute approximate surface area is 179 Å². The van der Waals surface area contributed by atoms with Crippen molar-refractivity contribution in [3.05, 3.63) is 45.6 Å². The van der Waals surface area contributed by atoms with Gasteiger partial charge in [-0.25, -0.2) is 0 Å². The van der Waals surface area contributed by atoms with E-state index in [0.29, 0.717) is 43.1 Å². The van der Waals surface area contributed by atoms with E-state index in [1.165, 1.54) is 16.2 Å². The first-order valence-corrected chi connectivity index (χ1v) is 11.2. The van der Waals surface area contributed by atoms with Crippen molar-refractivity contribution in [1.82, 2.24) is 14.8 Å². The van der Waals surface area contributed by atoms with Crippen molar-refractivity contribution < 1.29 is 14.4 Å². The molecule has 2 aromatic rings. The van der Waals surface area contributed by atoms with Crippen LogP contribution in [0.4, 0.5) is 5.00 Å². The first-order chi connectivity index (χ1) is 14.4. The second kappa shape index (κ2) is 7.19.